The molecule has 0 aromatic carbocycles. The van der Waals surface area contributed by atoms with Gasteiger partial charge < -0.3 is 5.32 Å². The molecule has 0 aliphatic carbocycles. The van der Waals surface area contributed by atoms with E-state index in [0.29, 0.717) is 6.54 Å². The van der Waals surface area contributed by atoms with Crippen molar-refractivity contribution < 1.29 is 9.18 Å². The summed E-state index contributed by atoms with van der Waals surface area (Å²) in [6.07, 6.45) is 5.73. The number of aromatic nitrogens is 1. The first kappa shape index (κ1) is 16.6. The van der Waals surface area contributed by atoms with Crippen molar-refractivity contribution in [2.45, 2.75) is 45.7 Å². The second kappa shape index (κ2) is 6.57. The van der Waals surface area contributed by atoms with Crippen LogP contribution in [-0.4, -0.2) is 40.5 Å². The smallest absolute Gasteiger partial charge is 0.237 e. The average Bonchev–Trinajstić information content (AvgIpc) is 2.45. The van der Waals surface area contributed by atoms with Gasteiger partial charge in [0.2, 0.25) is 5.91 Å². The first-order valence-corrected chi connectivity index (χ1v) is 7.62. The molecule has 4 nitrogen and oxygen atoms in total. The third-order valence-electron chi connectivity index (χ3n) is 3.74. The highest BCUT2D eigenvalue weighted by atomic mass is 19.1. The topological polar surface area (TPSA) is 45.2 Å². The first-order valence-electron chi connectivity index (χ1n) is 7.62. The molecule has 0 radical (unpaired) electrons. The number of carbonyl (C=O) groups is 1. The van der Waals surface area contributed by atoms with E-state index in [2.05, 4.69) is 21.3 Å². The van der Waals surface area contributed by atoms with Crippen LogP contribution < -0.4 is 5.32 Å². The van der Waals surface area contributed by atoms with E-state index >= 15 is 0 Å². The van der Waals surface area contributed by atoms with Crippen molar-refractivity contribution >= 4 is 11.5 Å². The Labute approximate surface area is 131 Å². The van der Waals surface area contributed by atoms with E-state index < -0.39 is 0 Å². The molecule has 1 amide bonds. The number of pyridine rings is 1. The highest BCUT2D eigenvalue weighted by Gasteiger charge is 2.26. The fraction of sp³-hybridized carbons (Fsp3) is 0.529. The van der Waals surface area contributed by atoms with Crippen molar-refractivity contribution in [1.82, 2.24) is 15.2 Å². The van der Waals surface area contributed by atoms with Gasteiger partial charge in [0.15, 0.2) is 0 Å². The monoisotopic (exact) mass is 305 g/mol. The second-order valence-electron chi connectivity index (χ2n) is 6.78. The Morgan fingerprint density at radius 3 is 2.68 bits per heavy atom. The van der Waals surface area contributed by atoms with Crippen LogP contribution in [0.4, 0.5) is 4.39 Å². The summed E-state index contributed by atoms with van der Waals surface area (Å²) in [7, 11) is 0. The number of amides is 1. The minimum absolute atomic E-state index is 0.0387. The molecular formula is C17H24FN3O. The predicted molar refractivity (Wildman–Crippen MR) is 85.7 cm³/mol. The van der Waals surface area contributed by atoms with E-state index in [-0.39, 0.29) is 23.3 Å². The number of nitrogens with one attached hydrogen (secondary N) is 1. The third kappa shape index (κ3) is 4.37. The minimum atomic E-state index is -0.321. The standard InChI is InChI=1S/C17H24FN3O/c1-12(16(22)20-17(2,3)4)21-7-5-13(6-8-21)14-9-15(18)11-19-10-14/h5,9-12H,6-8H2,1-4H3,(H,20,22)/t12-/m0/s1. The molecule has 1 aliphatic rings. The van der Waals surface area contributed by atoms with Crippen LogP contribution in [0.25, 0.3) is 5.57 Å². The summed E-state index contributed by atoms with van der Waals surface area (Å²) in [5.41, 5.74) is 1.69. The largest absolute Gasteiger partial charge is 0.350 e. The molecule has 1 aromatic rings. The Balaban J connectivity index is 2.00. The molecule has 2 rings (SSSR count). The zero-order valence-corrected chi connectivity index (χ0v) is 13.7. The van der Waals surface area contributed by atoms with E-state index in [0.717, 1.165) is 24.1 Å². The molecule has 1 N–H and O–H groups in total. The molecule has 0 bridgehead atoms. The Bertz CT molecular complexity index is 578. The van der Waals surface area contributed by atoms with Gasteiger partial charge >= 0.3 is 0 Å². The quantitative estimate of drug-likeness (QED) is 0.933. The SMILES string of the molecule is C[C@@H](C(=O)NC(C)(C)C)N1CC=C(c2cncc(F)c2)CC1. The van der Waals surface area contributed by atoms with Gasteiger partial charge in [0.05, 0.1) is 12.2 Å². The van der Waals surface area contributed by atoms with Crippen molar-refractivity contribution in [2.75, 3.05) is 13.1 Å². The maximum Gasteiger partial charge on any atom is 0.237 e. The van der Waals surface area contributed by atoms with Crippen molar-refractivity contribution in [3.63, 3.8) is 0 Å². The Kier molecular flexibility index (Phi) is 4.96. The minimum Gasteiger partial charge on any atom is -0.350 e. The molecule has 5 heteroatoms. The number of hydrogen-bond acceptors (Lipinski definition) is 3. The van der Waals surface area contributed by atoms with Crippen molar-refractivity contribution in [3.8, 4) is 0 Å². The Hall–Kier alpha value is -1.75. The summed E-state index contributed by atoms with van der Waals surface area (Å²) in [5, 5.41) is 3.01. The summed E-state index contributed by atoms with van der Waals surface area (Å²) in [6.45, 7) is 9.31. The van der Waals surface area contributed by atoms with Crippen LogP contribution in [0.15, 0.2) is 24.5 Å². The van der Waals surface area contributed by atoms with Crippen molar-refractivity contribution in [2.24, 2.45) is 0 Å². The van der Waals surface area contributed by atoms with Crippen LogP contribution in [0.2, 0.25) is 0 Å². The third-order valence-corrected chi connectivity index (χ3v) is 3.74. The molecule has 0 saturated heterocycles. The second-order valence-corrected chi connectivity index (χ2v) is 6.78. The van der Waals surface area contributed by atoms with Gasteiger partial charge in [0.1, 0.15) is 5.82 Å². The predicted octanol–water partition coefficient (Wildman–Crippen LogP) is 2.61. The van der Waals surface area contributed by atoms with Crippen molar-refractivity contribution in [1.29, 1.82) is 0 Å². The van der Waals surface area contributed by atoms with Gasteiger partial charge in [-0.1, -0.05) is 6.08 Å². The zero-order chi connectivity index (χ0) is 16.3. The highest BCUT2D eigenvalue weighted by molar-refractivity contribution is 5.82. The number of halogens is 1. The molecule has 22 heavy (non-hydrogen) atoms. The lowest BCUT2D eigenvalue weighted by Gasteiger charge is -2.33. The van der Waals surface area contributed by atoms with E-state index in [1.54, 1.807) is 6.20 Å². The van der Waals surface area contributed by atoms with Gasteiger partial charge in [-0.05, 0) is 51.3 Å². The number of carbonyl (C=O) groups excluding carboxylic acids is 1. The van der Waals surface area contributed by atoms with Crippen LogP contribution >= 0.6 is 0 Å². The van der Waals surface area contributed by atoms with Gasteiger partial charge in [-0.2, -0.15) is 0 Å². The number of nitrogens with zero attached hydrogens (tertiary/aromatic N) is 2. The maximum absolute atomic E-state index is 13.2. The van der Waals surface area contributed by atoms with Crippen LogP contribution in [0.5, 0.6) is 0 Å². The lowest BCUT2D eigenvalue weighted by Crippen LogP contribution is -2.51. The molecule has 0 unspecified atom stereocenters. The lowest BCUT2D eigenvalue weighted by atomic mass is 10.00. The van der Waals surface area contributed by atoms with Crippen LogP contribution in [-0.2, 0) is 4.79 Å². The van der Waals surface area contributed by atoms with Gasteiger partial charge in [-0.3, -0.25) is 14.7 Å². The molecular weight excluding hydrogens is 281 g/mol. The molecule has 1 aliphatic heterocycles. The fourth-order valence-electron chi connectivity index (χ4n) is 2.53. The van der Waals surface area contributed by atoms with Crippen molar-refractivity contribution in [3.05, 3.63) is 35.9 Å². The van der Waals surface area contributed by atoms with E-state index in [9.17, 15) is 9.18 Å². The number of rotatable bonds is 3. The Morgan fingerprint density at radius 2 is 2.14 bits per heavy atom. The molecule has 0 saturated carbocycles. The molecule has 0 spiro atoms. The zero-order valence-electron chi connectivity index (χ0n) is 13.7. The molecule has 2 heterocycles. The lowest BCUT2D eigenvalue weighted by molar-refractivity contribution is -0.127. The van der Waals surface area contributed by atoms with Crippen LogP contribution in [0.1, 0.15) is 39.7 Å². The van der Waals surface area contributed by atoms with E-state index in [1.807, 2.05) is 27.7 Å². The Morgan fingerprint density at radius 1 is 1.41 bits per heavy atom. The van der Waals surface area contributed by atoms with Crippen LogP contribution in [0.3, 0.4) is 0 Å². The highest BCUT2D eigenvalue weighted by Crippen LogP contribution is 2.23. The van der Waals surface area contributed by atoms with Gasteiger partial charge in [0.25, 0.3) is 0 Å². The summed E-state index contributed by atoms with van der Waals surface area (Å²) in [4.78, 5) is 18.2. The van der Waals surface area contributed by atoms with Gasteiger partial charge in [0, 0.05) is 24.8 Å². The van der Waals surface area contributed by atoms with Gasteiger partial charge in [-0.25, -0.2) is 4.39 Å². The first-order chi connectivity index (χ1) is 10.3. The number of hydrogen-bond donors (Lipinski definition) is 1. The summed E-state index contributed by atoms with van der Waals surface area (Å²) < 4.78 is 13.2. The van der Waals surface area contributed by atoms with Gasteiger partial charge in [-0.15, -0.1) is 0 Å². The molecule has 120 valence electrons. The molecule has 1 aromatic heterocycles. The fourth-order valence-corrected chi connectivity index (χ4v) is 2.53. The maximum atomic E-state index is 13.2. The van der Waals surface area contributed by atoms with Crippen LogP contribution in [0, 0.1) is 5.82 Å². The molecule has 0 fully saturated rings. The average molecular weight is 305 g/mol. The molecule has 1 atom stereocenters. The normalized spacial score (nSPS) is 17.8. The summed E-state index contributed by atoms with van der Waals surface area (Å²) in [6, 6.07) is 1.33. The summed E-state index contributed by atoms with van der Waals surface area (Å²) in [5.74, 6) is -0.282. The van der Waals surface area contributed by atoms with E-state index in [1.165, 1.54) is 12.3 Å². The van der Waals surface area contributed by atoms with E-state index in [4.69, 9.17) is 0 Å². The summed E-state index contributed by atoms with van der Waals surface area (Å²) >= 11 is 0.